The van der Waals surface area contributed by atoms with Crippen LogP contribution in [0.3, 0.4) is 0 Å². The van der Waals surface area contributed by atoms with Crippen LogP contribution in [0.1, 0.15) is 26.3 Å². The van der Waals surface area contributed by atoms with Crippen LogP contribution < -0.4 is 0 Å². The minimum atomic E-state index is -0.507. The molecule has 1 rings (SSSR count). The Morgan fingerprint density at radius 3 is 2.62 bits per heavy atom. The van der Waals surface area contributed by atoms with E-state index in [1.54, 1.807) is 0 Å². The third-order valence-electron chi connectivity index (χ3n) is 1.53. The molecule has 0 saturated carbocycles. The van der Waals surface area contributed by atoms with Crippen LogP contribution >= 0.6 is 15.9 Å². The molecule has 1 aromatic carbocycles. The van der Waals surface area contributed by atoms with Gasteiger partial charge in [-0.15, -0.1) is 0 Å². The molecule has 0 unspecified atom stereocenters. The Hall–Kier alpha value is -1.27. The summed E-state index contributed by atoms with van der Waals surface area (Å²) in [6, 6.07) is 7.45. The molecule has 2 nitrogen and oxygen atoms in total. The number of esters is 1. The van der Waals surface area contributed by atoms with E-state index in [0.29, 0.717) is 0 Å². The van der Waals surface area contributed by atoms with Gasteiger partial charge in [-0.25, -0.2) is 4.79 Å². The fourth-order valence-corrected chi connectivity index (χ4v) is 1.39. The molecule has 16 heavy (non-hydrogen) atoms. The molecule has 0 aromatic heterocycles. The highest BCUT2D eigenvalue weighted by atomic mass is 79.9. The van der Waals surface area contributed by atoms with Crippen molar-refractivity contribution in [2.75, 3.05) is 0 Å². The predicted molar refractivity (Wildman–Crippen MR) is 66.9 cm³/mol. The van der Waals surface area contributed by atoms with Crippen molar-refractivity contribution in [2.45, 2.75) is 26.4 Å². The van der Waals surface area contributed by atoms with Crippen LogP contribution in [-0.2, 0) is 9.53 Å². The summed E-state index contributed by atoms with van der Waals surface area (Å²) < 4.78 is 6.00. The number of rotatable bonds is 0. The summed E-state index contributed by atoms with van der Waals surface area (Å²) in [7, 11) is 0. The molecule has 0 aliphatic rings. The van der Waals surface area contributed by atoms with E-state index < -0.39 is 11.6 Å². The molecule has 0 atom stereocenters. The zero-order valence-corrected chi connectivity index (χ0v) is 11.1. The predicted octanol–water partition coefficient (Wildman–Crippen LogP) is 3.14. The second kappa shape index (κ2) is 5.18. The summed E-state index contributed by atoms with van der Waals surface area (Å²) in [4.78, 5) is 11.3. The molecule has 0 heterocycles. The maximum absolute atomic E-state index is 11.3. The molecule has 3 heteroatoms. The van der Waals surface area contributed by atoms with Gasteiger partial charge in [0.2, 0.25) is 0 Å². The molecular formula is C13H13BrO2. The monoisotopic (exact) mass is 280 g/mol. The number of carbonyl (C=O) groups is 1. The van der Waals surface area contributed by atoms with E-state index in [1.807, 2.05) is 45.0 Å². The highest BCUT2D eigenvalue weighted by molar-refractivity contribution is 9.10. The second-order valence-electron chi connectivity index (χ2n) is 4.26. The van der Waals surface area contributed by atoms with Crippen molar-refractivity contribution in [1.29, 1.82) is 0 Å². The first-order valence-electron chi connectivity index (χ1n) is 4.87. The smallest absolute Gasteiger partial charge is 0.385 e. The van der Waals surface area contributed by atoms with Gasteiger partial charge in [-0.3, -0.25) is 0 Å². The molecule has 0 radical (unpaired) electrons. The quantitative estimate of drug-likeness (QED) is 0.539. The Labute approximate surface area is 104 Å². The van der Waals surface area contributed by atoms with Gasteiger partial charge >= 0.3 is 5.97 Å². The lowest BCUT2D eigenvalue weighted by Gasteiger charge is -2.16. The summed E-state index contributed by atoms with van der Waals surface area (Å²) in [6.45, 7) is 5.43. The molecule has 0 spiro atoms. The average Bonchev–Trinajstić information content (AvgIpc) is 2.12. The molecule has 0 saturated heterocycles. The third kappa shape index (κ3) is 4.99. The van der Waals surface area contributed by atoms with Crippen LogP contribution in [0, 0.1) is 11.8 Å². The Bertz CT molecular complexity index is 447. The molecule has 0 bridgehead atoms. The number of carbonyl (C=O) groups excluding carboxylic acids is 1. The highest BCUT2D eigenvalue weighted by Gasteiger charge is 2.14. The van der Waals surface area contributed by atoms with Crippen molar-refractivity contribution in [3.8, 4) is 11.8 Å². The maximum Gasteiger partial charge on any atom is 0.385 e. The summed E-state index contributed by atoms with van der Waals surface area (Å²) in [5, 5.41) is 0. The van der Waals surface area contributed by atoms with E-state index in [1.165, 1.54) is 0 Å². The van der Waals surface area contributed by atoms with E-state index in [-0.39, 0.29) is 0 Å². The lowest BCUT2D eigenvalue weighted by atomic mass is 10.2. The first kappa shape index (κ1) is 12.8. The SMILES string of the molecule is CC(C)(C)OC(=O)C#Cc1cccc(Br)c1. The third-order valence-corrected chi connectivity index (χ3v) is 2.03. The Kier molecular flexibility index (Phi) is 4.14. The summed E-state index contributed by atoms with van der Waals surface area (Å²) in [5.41, 5.74) is 0.281. The van der Waals surface area contributed by atoms with Gasteiger partial charge in [-0.1, -0.05) is 27.9 Å². The number of halogens is 1. The van der Waals surface area contributed by atoms with Gasteiger partial charge in [-0.2, -0.15) is 0 Å². The van der Waals surface area contributed by atoms with E-state index in [9.17, 15) is 4.79 Å². The van der Waals surface area contributed by atoms with Crippen molar-refractivity contribution in [3.05, 3.63) is 34.3 Å². The lowest BCUT2D eigenvalue weighted by Crippen LogP contribution is -2.22. The van der Waals surface area contributed by atoms with Gasteiger partial charge in [0.15, 0.2) is 0 Å². The zero-order valence-electron chi connectivity index (χ0n) is 9.50. The van der Waals surface area contributed by atoms with E-state index in [0.717, 1.165) is 10.0 Å². The summed E-state index contributed by atoms with van der Waals surface area (Å²) in [5.74, 6) is 4.70. The first-order valence-corrected chi connectivity index (χ1v) is 5.67. The van der Waals surface area contributed by atoms with Crippen LogP contribution in [0.4, 0.5) is 0 Å². The van der Waals surface area contributed by atoms with Crippen molar-refractivity contribution in [2.24, 2.45) is 0 Å². The molecule has 0 amide bonds. The molecule has 0 aliphatic heterocycles. The zero-order chi connectivity index (χ0) is 12.2. The van der Waals surface area contributed by atoms with E-state index in [4.69, 9.17) is 4.74 Å². The van der Waals surface area contributed by atoms with Crippen LogP contribution in [0.5, 0.6) is 0 Å². The maximum atomic E-state index is 11.3. The van der Waals surface area contributed by atoms with E-state index >= 15 is 0 Å². The fraction of sp³-hybridized carbons (Fsp3) is 0.308. The van der Waals surface area contributed by atoms with Gasteiger partial charge in [0.05, 0.1) is 0 Å². The van der Waals surface area contributed by atoms with Gasteiger partial charge < -0.3 is 4.74 Å². The van der Waals surface area contributed by atoms with Gasteiger partial charge in [0.1, 0.15) is 5.60 Å². The minimum absolute atomic E-state index is 0.497. The van der Waals surface area contributed by atoms with Crippen LogP contribution in [0.2, 0.25) is 0 Å². The Balaban J connectivity index is 2.71. The summed E-state index contributed by atoms with van der Waals surface area (Å²) in [6.07, 6.45) is 0. The first-order chi connectivity index (χ1) is 7.37. The lowest BCUT2D eigenvalue weighted by molar-refractivity contribution is -0.147. The van der Waals surface area contributed by atoms with Crippen molar-refractivity contribution in [1.82, 2.24) is 0 Å². The standard InChI is InChI=1S/C13H13BrO2/c1-13(2,3)16-12(15)8-7-10-5-4-6-11(14)9-10/h4-6,9H,1-3H3. The topological polar surface area (TPSA) is 26.3 Å². The van der Waals surface area contributed by atoms with Crippen molar-refractivity contribution in [3.63, 3.8) is 0 Å². The second-order valence-corrected chi connectivity index (χ2v) is 5.18. The molecule has 0 aliphatic carbocycles. The van der Waals surface area contributed by atoms with E-state index in [2.05, 4.69) is 27.8 Å². The summed E-state index contributed by atoms with van der Waals surface area (Å²) >= 11 is 3.33. The highest BCUT2D eigenvalue weighted by Crippen LogP contribution is 2.10. The molecular weight excluding hydrogens is 268 g/mol. The molecule has 0 fully saturated rings. The van der Waals surface area contributed by atoms with Gasteiger partial charge in [0.25, 0.3) is 0 Å². The Morgan fingerprint density at radius 2 is 2.06 bits per heavy atom. The molecule has 84 valence electrons. The van der Waals surface area contributed by atoms with Gasteiger partial charge in [-0.05, 0) is 39.0 Å². The average molecular weight is 281 g/mol. The number of hydrogen-bond acceptors (Lipinski definition) is 2. The van der Waals surface area contributed by atoms with Crippen LogP contribution in [0.15, 0.2) is 28.7 Å². The number of benzene rings is 1. The van der Waals surface area contributed by atoms with Gasteiger partial charge in [0, 0.05) is 16.0 Å². The van der Waals surface area contributed by atoms with Crippen LogP contribution in [-0.4, -0.2) is 11.6 Å². The number of hydrogen-bond donors (Lipinski definition) is 0. The fourth-order valence-electron chi connectivity index (χ4n) is 0.993. The molecule has 0 N–H and O–H groups in total. The van der Waals surface area contributed by atoms with Crippen molar-refractivity contribution >= 4 is 21.9 Å². The minimum Gasteiger partial charge on any atom is -0.450 e. The normalized spacial score (nSPS) is 10.2. The Morgan fingerprint density at radius 1 is 1.38 bits per heavy atom. The van der Waals surface area contributed by atoms with Crippen molar-refractivity contribution < 1.29 is 9.53 Å². The van der Waals surface area contributed by atoms with Crippen LogP contribution in [0.25, 0.3) is 0 Å². The number of ether oxygens (including phenoxy) is 1. The molecule has 1 aromatic rings. The largest absolute Gasteiger partial charge is 0.450 e.